The average Bonchev–Trinajstić information content (AvgIpc) is 2.49. The molecule has 3 rings (SSSR count). The number of benzene rings is 3. The van der Waals surface area contributed by atoms with Gasteiger partial charge in [0.15, 0.2) is 11.6 Å². The van der Waals surface area contributed by atoms with Crippen LogP contribution in [0.3, 0.4) is 0 Å². The number of phenols is 1. The molecule has 0 bridgehead atoms. The van der Waals surface area contributed by atoms with Crippen LogP contribution in [0.5, 0.6) is 5.75 Å². The molecule has 0 unspecified atom stereocenters. The monoisotopic (exact) mass is 285 g/mol. The third-order valence-electron chi connectivity index (χ3n) is 3.40. The summed E-state index contributed by atoms with van der Waals surface area (Å²) in [4.78, 5) is 0. The van der Waals surface area contributed by atoms with Crippen molar-refractivity contribution in [3.05, 3.63) is 71.8 Å². The van der Waals surface area contributed by atoms with Crippen LogP contribution in [-0.4, -0.2) is 5.11 Å². The predicted octanol–water partition coefficient (Wildman–Crippen LogP) is 4.44. The molecule has 21 heavy (non-hydrogen) atoms. The smallest absolute Gasteiger partial charge is 0.163 e. The SMILES string of the molecule is Oc1cccc2c(NCc3cccc(F)c3F)cccc12. The topological polar surface area (TPSA) is 32.3 Å². The second-order valence-corrected chi connectivity index (χ2v) is 4.74. The lowest BCUT2D eigenvalue weighted by atomic mass is 10.1. The quantitative estimate of drug-likeness (QED) is 0.746. The molecule has 0 heterocycles. The zero-order valence-electron chi connectivity index (χ0n) is 11.1. The highest BCUT2D eigenvalue weighted by Crippen LogP contribution is 2.30. The first-order valence-corrected chi connectivity index (χ1v) is 6.54. The number of hydrogen-bond donors (Lipinski definition) is 2. The Bertz CT molecular complexity index is 802. The molecule has 2 N–H and O–H groups in total. The van der Waals surface area contributed by atoms with Gasteiger partial charge in [-0.3, -0.25) is 0 Å². The Hall–Kier alpha value is -2.62. The molecule has 0 amide bonds. The Morgan fingerprint density at radius 2 is 1.57 bits per heavy atom. The van der Waals surface area contributed by atoms with Gasteiger partial charge in [0.1, 0.15) is 5.75 Å². The van der Waals surface area contributed by atoms with Crippen LogP contribution >= 0.6 is 0 Å². The number of hydrogen-bond acceptors (Lipinski definition) is 2. The molecule has 0 saturated heterocycles. The first-order chi connectivity index (χ1) is 10.2. The van der Waals surface area contributed by atoms with E-state index in [1.165, 1.54) is 12.1 Å². The van der Waals surface area contributed by atoms with Crippen molar-refractivity contribution in [1.82, 2.24) is 0 Å². The normalized spacial score (nSPS) is 10.8. The summed E-state index contributed by atoms with van der Waals surface area (Å²) < 4.78 is 26.8. The molecule has 3 aromatic rings. The van der Waals surface area contributed by atoms with Crippen LogP contribution in [0.2, 0.25) is 0 Å². The van der Waals surface area contributed by atoms with Crippen molar-refractivity contribution in [2.75, 3.05) is 5.32 Å². The summed E-state index contributed by atoms with van der Waals surface area (Å²) in [6.07, 6.45) is 0. The Kier molecular flexibility index (Phi) is 3.44. The van der Waals surface area contributed by atoms with Crippen LogP contribution in [-0.2, 0) is 6.54 Å². The van der Waals surface area contributed by atoms with Crippen molar-refractivity contribution in [2.24, 2.45) is 0 Å². The Morgan fingerprint density at radius 1 is 0.857 bits per heavy atom. The summed E-state index contributed by atoms with van der Waals surface area (Å²) in [5, 5.41) is 14.4. The molecule has 106 valence electrons. The van der Waals surface area contributed by atoms with E-state index >= 15 is 0 Å². The van der Waals surface area contributed by atoms with E-state index in [-0.39, 0.29) is 17.9 Å². The molecule has 3 aromatic carbocycles. The number of halogens is 2. The molecule has 0 radical (unpaired) electrons. The van der Waals surface area contributed by atoms with Gasteiger partial charge in [-0.2, -0.15) is 0 Å². The number of rotatable bonds is 3. The third kappa shape index (κ3) is 2.52. The molecule has 0 aliphatic rings. The van der Waals surface area contributed by atoms with Gasteiger partial charge in [-0.15, -0.1) is 0 Å². The van der Waals surface area contributed by atoms with Gasteiger partial charge < -0.3 is 10.4 Å². The number of phenolic OH excluding ortho intramolecular Hbond substituents is 1. The van der Waals surface area contributed by atoms with Crippen molar-refractivity contribution in [1.29, 1.82) is 0 Å². The van der Waals surface area contributed by atoms with E-state index in [0.29, 0.717) is 5.39 Å². The predicted molar refractivity (Wildman–Crippen MR) is 79.3 cm³/mol. The van der Waals surface area contributed by atoms with E-state index in [1.807, 2.05) is 12.1 Å². The van der Waals surface area contributed by atoms with Crippen molar-refractivity contribution in [3.63, 3.8) is 0 Å². The number of fused-ring (bicyclic) bond motifs is 1. The summed E-state index contributed by atoms with van der Waals surface area (Å²) in [7, 11) is 0. The van der Waals surface area contributed by atoms with E-state index in [2.05, 4.69) is 5.32 Å². The van der Waals surface area contributed by atoms with Crippen LogP contribution in [0, 0.1) is 11.6 Å². The van der Waals surface area contributed by atoms with Crippen LogP contribution in [0.4, 0.5) is 14.5 Å². The van der Waals surface area contributed by atoms with Gasteiger partial charge in [0.05, 0.1) is 0 Å². The van der Waals surface area contributed by atoms with E-state index in [1.54, 1.807) is 24.3 Å². The largest absolute Gasteiger partial charge is 0.507 e. The summed E-state index contributed by atoms with van der Waals surface area (Å²) in [6, 6.07) is 14.8. The number of anilines is 1. The summed E-state index contributed by atoms with van der Waals surface area (Å²) in [5.41, 5.74) is 1.01. The van der Waals surface area contributed by atoms with Crippen LogP contribution in [0.1, 0.15) is 5.56 Å². The van der Waals surface area contributed by atoms with Crippen molar-refractivity contribution < 1.29 is 13.9 Å². The van der Waals surface area contributed by atoms with Crippen LogP contribution in [0.25, 0.3) is 10.8 Å². The maximum absolute atomic E-state index is 13.6. The second kappa shape index (κ2) is 5.40. The molecule has 2 nitrogen and oxygen atoms in total. The van der Waals surface area contributed by atoms with Crippen molar-refractivity contribution in [3.8, 4) is 5.75 Å². The molecule has 0 aromatic heterocycles. The van der Waals surface area contributed by atoms with E-state index < -0.39 is 11.6 Å². The van der Waals surface area contributed by atoms with Gasteiger partial charge in [-0.25, -0.2) is 8.78 Å². The molecule has 4 heteroatoms. The minimum atomic E-state index is -0.857. The summed E-state index contributed by atoms with van der Waals surface area (Å²) >= 11 is 0. The van der Waals surface area contributed by atoms with Crippen molar-refractivity contribution >= 4 is 16.5 Å². The number of nitrogens with one attached hydrogen (secondary N) is 1. The third-order valence-corrected chi connectivity index (χ3v) is 3.40. The fourth-order valence-electron chi connectivity index (χ4n) is 2.32. The van der Waals surface area contributed by atoms with Gasteiger partial charge in [-0.05, 0) is 18.2 Å². The molecule has 0 aliphatic heterocycles. The van der Waals surface area contributed by atoms with E-state index in [9.17, 15) is 13.9 Å². The lowest BCUT2D eigenvalue weighted by Crippen LogP contribution is -2.03. The molecule has 0 saturated carbocycles. The average molecular weight is 285 g/mol. The Balaban J connectivity index is 1.92. The second-order valence-electron chi connectivity index (χ2n) is 4.74. The Labute approximate surface area is 120 Å². The van der Waals surface area contributed by atoms with Gasteiger partial charge in [-0.1, -0.05) is 36.4 Å². The first-order valence-electron chi connectivity index (χ1n) is 6.54. The molecular weight excluding hydrogens is 272 g/mol. The molecular formula is C17H13F2NO. The summed E-state index contributed by atoms with van der Waals surface area (Å²) in [5.74, 6) is -1.51. The van der Waals surface area contributed by atoms with Gasteiger partial charge >= 0.3 is 0 Å². The lowest BCUT2D eigenvalue weighted by Gasteiger charge is -2.11. The van der Waals surface area contributed by atoms with Crippen LogP contribution in [0.15, 0.2) is 54.6 Å². The molecule has 0 fully saturated rings. The highest BCUT2D eigenvalue weighted by molar-refractivity contribution is 5.97. The van der Waals surface area contributed by atoms with Crippen LogP contribution < -0.4 is 5.32 Å². The van der Waals surface area contributed by atoms with Gasteiger partial charge in [0.25, 0.3) is 0 Å². The fraction of sp³-hybridized carbons (Fsp3) is 0.0588. The molecule has 0 aliphatic carbocycles. The Morgan fingerprint density at radius 3 is 2.43 bits per heavy atom. The maximum Gasteiger partial charge on any atom is 0.163 e. The maximum atomic E-state index is 13.6. The summed E-state index contributed by atoms with van der Waals surface area (Å²) in [6.45, 7) is 0.165. The van der Waals surface area contributed by atoms with Crippen molar-refractivity contribution in [2.45, 2.75) is 6.54 Å². The molecule has 0 spiro atoms. The first kappa shape index (κ1) is 13.4. The fourth-order valence-corrected chi connectivity index (χ4v) is 2.32. The minimum absolute atomic E-state index is 0.165. The highest BCUT2D eigenvalue weighted by Gasteiger charge is 2.08. The van der Waals surface area contributed by atoms with E-state index in [0.717, 1.165) is 17.1 Å². The van der Waals surface area contributed by atoms with Gasteiger partial charge in [0, 0.05) is 28.6 Å². The molecule has 0 atom stereocenters. The zero-order valence-corrected chi connectivity index (χ0v) is 11.1. The van der Waals surface area contributed by atoms with Gasteiger partial charge in [0.2, 0.25) is 0 Å². The minimum Gasteiger partial charge on any atom is -0.507 e. The zero-order chi connectivity index (χ0) is 14.8. The highest BCUT2D eigenvalue weighted by atomic mass is 19.2. The standard InChI is InChI=1S/C17H13F2NO/c18-14-7-1-4-11(17(14)19)10-20-15-8-2-6-13-12(15)5-3-9-16(13)21/h1-9,20-21H,10H2. The van der Waals surface area contributed by atoms with E-state index in [4.69, 9.17) is 0 Å². The lowest BCUT2D eigenvalue weighted by molar-refractivity contribution is 0.481. The number of aromatic hydroxyl groups is 1.